The number of aromatic nitrogens is 3. The quantitative estimate of drug-likeness (QED) is 0.758. The van der Waals surface area contributed by atoms with Crippen LogP contribution in [-0.4, -0.2) is 28.4 Å². The minimum Gasteiger partial charge on any atom is -0.496 e. The molecule has 0 unspecified atom stereocenters. The van der Waals surface area contributed by atoms with Gasteiger partial charge in [-0.3, -0.25) is 0 Å². The number of rotatable bonds is 3. The van der Waals surface area contributed by atoms with Crippen molar-refractivity contribution >= 4 is 11.6 Å². The number of fused-ring (bicyclic) bond motifs is 1. The predicted molar refractivity (Wildman–Crippen MR) is 94.1 cm³/mol. The minimum atomic E-state index is -0.651. The molecule has 2 aromatic carbocycles. The molecule has 1 aliphatic heterocycles. The zero-order chi connectivity index (χ0) is 18.3. The summed E-state index contributed by atoms with van der Waals surface area (Å²) in [7, 11) is 1.40. The van der Waals surface area contributed by atoms with Crippen LogP contribution >= 0.6 is 11.6 Å². The number of hydrogen-bond acceptors (Lipinski definition) is 4. The van der Waals surface area contributed by atoms with Gasteiger partial charge in [-0.1, -0.05) is 17.7 Å². The Morgan fingerprint density at radius 3 is 2.77 bits per heavy atom. The summed E-state index contributed by atoms with van der Waals surface area (Å²) < 4.78 is 36.4. The van der Waals surface area contributed by atoms with Crippen LogP contribution in [0.2, 0.25) is 5.02 Å². The van der Waals surface area contributed by atoms with E-state index in [9.17, 15) is 8.78 Å². The van der Waals surface area contributed by atoms with Gasteiger partial charge in [0.15, 0.2) is 5.82 Å². The van der Waals surface area contributed by atoms with E-state index in [0.717, 1.165) is 12.4 Å². The van der Waals surface area contributed by atoms with Crippen molar-refractivity contribution in [3.63, 3.8) is 0 Å². The number of hydrogen-bond donors (Lipinski definition) is 1. The van der Waals surface area contributed by atoms with Crippen LogP contribution < -0.4 is 10.1 Å². The fourth-order valence-electron chi connectivity index (χ4n) is 3.16. The largest absolute Gasteiger partial charge is 0.496 e. The maximum absolute atomic E-state index is 14.9. The van der Waals surface area contributed by atoms with Gasteiger partial charge in [0.2, 0.25) is 0 Å². The van der Waals surface area contributed by atoms with Crippen LogP contribution in [0.15, 0.2) is 30.3 Å². The Kier molecular flexibility index (Phi) is 4.34. The summed E-state index contributed by atoms with van der Waals surface area (Å²) in [6.45, 7) is 2.06. The average Bonchev–Trinajstić information content (AvgIpc) is 3.06. The van der Waals surface area contributed by atoms with E-state index in [0.29, 0.717) is 24.5 Å². The van der Waals surface area contributed by atoms with Crippen LogP contribution in [0.3, 0.4) is 0 Å². The Morgan fingerprint density at radius 1 is 1.15 bits per heavy atom. The Morgan fingerprint density at radius 2 is 2.00 bits per heavy atom. The van der Waals surface area contributed by atoms with E-state index < -0.39 is 11.6 Å². The Bertz CT molecular complexity index is 966. The van der Waals surface area contributed by atoms with Crippen molar-refractivity contribution in [3.05, 3.63) is 52.8 Å². The Hall–Kier alpha value is -2.51. The Labute approximate surface area is 153 Å². The molecule has 0 amide bonds. The van der Waals surface area contributed by atoms with Crippen molar-refractivity contribution in [1.82, 2.24) is 20.1 Å². The number of methoxy groups -OCH3 is 1. The topological polar surface area (TPSA) is 52.0 Å². The van der Waals surface area contributed by atoms with Gasteiger partial charge in [-0.05, 0) is 24.3 Å². The first-order valence-corrected chi connectivity index (χ1v) is 8.43. The van der Waals surface area contributed by atoms with Crippen LogP contribution in [0.1, 0.15) is 5.82 Å². The van der Waals surface area contributed by atoms with Gasteiger partial charge < -0.3 is 14.6 Å². The predicted octanol–water partition coefficient (Wildman–Crippen LogP) is 3.66. The normalized spacial score (nSPS) is 13.5. The lowest BCUT2D eigenvalue weighted by Gasteiger charge is -2.17. The van der Waals surface area contributed by atoms with Crippen molar-refractivity contribution < 1.29 is 13.5 Å². The van der Waals surface area contributed by atoms with Crippen LogP contribution in [0.4, 0.5) is 8.78 Å². The molecule has 134 valence electrons. The molecule has 3 aromatic rings. The standard InChI is InChI=1S/C18H15ClF2N4O/c1-26-14-4-2-3-12(20)17(14)16-11(19)7-10(8-13(16)21)18-24-23-15-9-22-5-6-25(15)18/h2-4,7-8,22H,5-6,9H2,1H3. The van der Waals surface area contributed by atoms with Crippen LogP contribution in [0, 0.1) is 11.6 Å². The van der Waals surface area contributed by atoms with E-state index in [1.54, 1.807) is 12.1 Å². The smallest absolute Gasteiger partial charge is 0.164 e. The lowest BCUT2D eigenvalue weighted by atomic mass is 10.0. The van der Waals surface area contributed by atoms with E-state index in [1.165, 1.54) is 25.3 Å². The van der Waals surface area contributed by atoms with Gasteiger partial charge in [-0.25, -0.2) is 8.78 Å². The third-order valence-electron chi connectivity index (χ3n) is 4.37. The molecule has 0 saturated carbocycles. The molecule has 4 rings (SSSR count). The molecule has 0 atom stereocenters. The third kappa shape index (κ3) is 2.73. The van der Waals surface area contributed by atoms with E-state index in [1.807, 2.05) is 4.57 Å². The summed E-state index contributed by atoms with van der Waals surface area (Å²) >= 11 is 6.34. The van der Waals surface area contributed by atoms with Crippen molar-refractivity contribution in [1.29, 1.82) is 0 Å². The maximum Gasteiger partial charge on any atom is 0.164 e. The third-order valence-corrected chi connectivity index (χ3v) is 4.67. The highest BCUT2D eigenvalue weighted by atomic mass is 35.5. The highest BCUT2D eigenvalue weighted by Gasteiger charge is 2.23. The first-order valence-electron chi connectivity index (χ1n) is 8.05. The van der Waals surface area contributed by atoms with E-state index in [-0.39, 0.29) is 21.9 Å². The summed E-state index contributed by atoms with van der Waals surface area (Å²) in [5.41, 5.74) is 0.453. The molecule has 0 saturated heterocycles. The highest BCUT2D eigenvalue weighted by molar-refractivity contribution is 6.33. The van der Waals surface area contributed by atoms with Crippen molar-refractivity contribution in [3.8, 4) is 28.3 Å². The van der Waals surface area contributed by atoms with Gasteiger partial charge in [-0.2, -0.15) is 0 Å². The van der Waals surface area contributed by atoms with Crippen molar-refractivity contribution in [2.45, 2.75) is 13.1 Å². The molecule has 0 bridgehead atoms. The number of nitrogens with one attached hydrogen (secondary N) is 1. The first kappa shape index (κ1) is 16.9. The maximum atomic E-state index is 14.9. The average molecular weight is 377 g/mol. The second kappa shape index (κ2) is 6.66. The summed E-state index contributed by atoms with van der Waals surface area (Å²) in [6.07, 6.45) is 0. The van der Waals surface area contributed by atoms with Crippen LogP contribution in [0.25, 0.3) is 22.5 Å². The zero-order valence-corrected chi connectivity index (χ0v) is 14.6. The molecule has 1 N–H and O–H groups in total. The van der Waals surface area contributed by atoms with Gasteiger partial charge in [-0.15, -0.1) is 10.2 Å². The molecule has 5 nitrogen and oxygen atoms in total. The second-order valence-corrected chi connectivity index (χ2v) is 6.31. The van der Waals surface area contributed by atoms with Gasteiger partial charge in [0.25, 0.3) is 0 Å². The van der Waals surface area contributed by atoms with Gasteiger partial charge in [0.1, 0.15) is 23.2 Å². The summed E-state index contributed by atoms with van der Waals surface area (Å²) in [5.74, 6) is 0.271. The van der Waals surface area contributed by atoms with E-state index in [2.05, 4.69) is 15.5 Å². The fraction of sp³-hybridized carbons (Fsp3) is 0.222. The SMILES string of the molecule is COc1cccc(F)c1-c1c(F)cc(-c2nnc3n2CCNC3)cc1Cl. The fourth-order valence-corrected chi connectivity index (χ4v) is 3.47. The molecule has 2 heterocycles. The Balaban J connectivity index is 1.86. The number of benzene rings is 2. The van der Waals surface area contributed by atoms with Crippen LogP contribution in [-0.2, 0) is 13.1 Å². The van der Waals surface area contributed by atoms with Gasteiger partial charge >= 0.3 is 0 Å². The molecule has 0 fully saturated rings. The lowest BCUT2D eigenvalue weighted by molar-refractivity contribution is 0.413. The van der Waals surface area contributed by atoms with Crippen molar-refractivity contribution in [2.75, 3.05) is 13.7 Å². The first-order chi connectivity index (χ1) is 12.6. The lowest BCUT2D eigenvalue weighted by Crippen LogP contribution is -2.28. The van der Waals surface area contributed by atoms with E-state index >= 15 is 0 Å². The molecule has 0 radical (unpaired) electrons. The highest BCUT2D eigenvalue weighted by Crippen LogP contribution is 2.40. The molecule has 26 heavy (non-hydrogen) atoms. The molecule has 0 spiro atoms. The minimum absolute atomic E-state index is 0.00322. The number of nitrogens with zero attached hydrogens (tertiary/aromatic N) is 3. The van der Waals surface area contributed by atoms with Gasteiger partial charge in [0.05, 0.1) is 24.2 Å². The van der Waals surface area contributed by atoms with Crippen LogP contribution in [0.5, 0.6) is 5.75 Å². The molecule has 0 aliphatic carbocycles. The van der Waals surface area contributed by atoms with Gasteiger partial charge in [0, 0.05) is 24.2 Å². The molecular formula is C18H15ClF2N4O. The van der Waals surface area contributed by atoms with Crippen molar-refractivity contribution in [2.24, 2.45) is 0 Å². The monoisotopic (exact) mass is 376 g/mol. The number of ether oxygens (including phenoxy) is 1. The van der Waals surface area contributed by atoms with E-state index in [4.69, 9.17) is 16.3 Å². The summed E-state index contributed by atoms with van der Waals surface area (Å²) in [6, 6.07) is 7.17. The second-order valence-electron chi connectivity index (χ2n) is 5.90. The summed E-state index contributed by atoms with van der Waals surface area (Å²) in [4.78, 5) is 0. The molecular weight excluding hydrogens is 362 g/mol. The zero-order valence-electron chi connectivity index (χ0n) is 13.9. The molecule has 8 heteroatoms. The summed E-state index contributed by atoms with van der Waals surface area (Å²) in [5, 5.41) is 11.5. The molecule has 1 aliphatic rings. The number of halogens is 3. The molecule has 1 aromatic heterocycles.